The van der Waals surface area contributed by atoms with E-state index in [0.29, 0.717) is 12.6 Å². The molecule has 1 aromatic carbocycles. The van der Waals surface area contributed by atoms with Crippen LogP contribution in [0.15, 0.2) is 36.5 Å². The minimum Gasteiger partial charge on any atom is -0.395 e. The third kappa shape index (κ3) is 2.36. The molecule has 2 bridgehead atoms. The fraction of sp³-hybridized carbons (Fsp3) is 0.350. The average Bonchev–Trinajstić information content (AvgIpc) is 3.18. The number of anilines is 2. The van der Waals surface area contributed by atoms with Gasteiger partial charge >= 0.3 is 0 Å². The van der Waals surface area contributed by atoms with Crippen LogP contribution in [0.4, 0.5) is 15.9 Å². The molecule has 6 heteroatoms. The second-order valence-corrected chi connectivity index (χ2v) is 7.12. The van der Waals surface area contributed by atoms with Crippen molar-refractivity contribution in [1.29, 1.82) is 0 Å². The van der Waals surface area contributed by atoms with E-state index in [4.69, 9.17) is 5.11 Å². The Morgan fingerprint density at radius 2 is 2.19 bits per heavy atom. The predicted octanol–water partition coefficient (Wildman–Crippen LogP) is 3.37. The number of benzene rings is 1. The van der Waals surface area contributed by atoms with Gasteiger partial charge in [0.1, 0.15) is 11.6 Å². The summed E-state index contributed by atoms with van der Waals surface area (Å²) in [7, 11) is 0. The Morgan fingerprint density at radius 1 is 1.27 bits per heavy atom. The molecule has 4 heterocycles. The zero-order valence-electron chi connectivity index (χ0n) is 14.4. The molecule has 1 fully saturated rings. The Kier molecular flexibility index (Phi) is 3.60. The number of fused-ring (bicyclic) bond motifs is 6. The van der Waals surface area contributed by atoms with Crippen LogP contribution in [-0.2, 0) is 6.42 Å². The Bertz CT molecular complexity index is 952. The summed E-state index contributed by atoms with van der Waals surface area (Å²) < 4.78 is 13.7. The Balaban J connectivity index is 1.50. The van der Waals surface area contributed by atoms with Crippen LogP contribution in [-0.4, -0.2) is 34.3 Å². The first-order valence-corrected chi connectivity index (χ1v) is 9.13. The first-order valence-electron chi connectivity index (χ1n) is 9.13. The highest BCUT2D eigenvalue weighted by molar-refractivity contribution is 5.86. The van der Waals surface area contributed by atoms with E-state index in [1.807, 2.05) is 24.4 Å². The van der Waals surface area contributed by atoms with E-state index in [9.17, 15) is 4.39 Å². The molecule has 5 rings (SSSR count). The van der Waals surface area contributed by atoms with Crippen LogP contribution < -0.4 is 10.2 Å². The molecule has 5 nitrogen and oxygen atoms in total. The summed E-state index contributed by atoms with van der Waals surface area (Å²) >= 11 is 0. The first kappa shape index (κ1) is 15.6. The fourth-order valence-corrected chi connectivity index (χ4v) is 4.54. The van der Waals surface area contributed by atoms with E-state index in [1.54, 1.807) is 6.07 Å². The van der Waals surface area contributed by atoms with Crippen LogP contribution in [0.1, 0.15) is 30.1 Å². The number of hydrogen-bond acceptors (Lipinski definition) is 4. The molecule has 3 N–H and O–H groups in total. The summed E-state index contributed by atoms with van der Waals surface area (Å²) in [5.41, 5.74) is 4.41. The minimum absolute atomic E-state index is 0.0990. The van der Waals surface area contributed by atoms with Crippen molar-refractivity contribution in [2.75, 3.05) is 23.4 Å². The highest BCUT2D eigenvalue weighted by Crippen LogP contribution is 2.47. The lowest BCUT2D eigenvalue weighted by Gasteiger charge is -2.36. The van der Waals surface area contributed by atoms with Gasteiger partial charge in [-0.05, 0) is 55.2 Å². The summed E-state index contributed by atoms with van der Waals surface area (Å²) in [5.74, 6) is 0.796. The summed E-state index contributed by atoms with van der Waals surface area (Å²) in [6.07, 6.45) is 4.94. The van der Waals surface area contributed by atoms with Gasteiger partial charge < -0.3 is 20.3 Å². The molecular weight excluding hydrogens is 331 g/mol. The number of pyridine rings is 1. The van der Waals surface area contributed by atoms with E-state index < -0.39 is 0 Å². The van der Waals surface area contributed by atoms with Gasteiger partial charge in [-0.25, -0.2) is 9.37 Å². The van der Waals surface area contributed by atoms with E-state index in [-0.39, 0.29) is 18.5 Å². The normalized spacial score (nSPS) is 21.2. The van der Waals surface area contributed by atoms with Gasteiger partial charge in [0.05, 0.1) is 24.5 Å². The quantitative estimate of drug-likeness (QED) is 0.674. The van der Waals surface area contributed by atoms with Crippen molar-refractivity contribution in [3.8, 4) is 0 Å². The summed E-state index contributed by atoms with van der Waals surface area (Å²) in [6.45, 7) is 0.618. The molecule has 134 valence electrons. The summed E-state index contributed by atoms with van der Waals surface area (Å²) in [6, 6.07) is 9.72. The molecule has 0 saturated carbocycles. The smallest absolute Gasteiger partial charge is 0.129 e. The van der Waals surface area contributed by atoms with Crippen molar-refractivity contribution in [3.63, 3.8) is 0 Å². The van der Waals surface area contributed by atoms with Crippen molar-refractivity contribution in [2.24, 2.45) is 0 Å². The van der Waals surface area contributed by atoms with E-state index in [1.165, 1.54) is 17.3 Å². The van der Waals surface area contributed by atoms with E-state index >= 15 is 0 Å². The maximum absolute atomic E-state index is 13.7. The summed E-state index contributed by atoms with van der Waals surface area (Å²) in [4.78, 5) is 10.6. The topological polar surface area (TPSA) is 64.2 Å². The number of aliphatic hydroxyl groups excluding tert-OH is 1. The molecule has 2 unspecified atom stereocenters. The number of nitrogens with zero attached hydrogens (tertiary/aromatic N) is 2. The number of rotatable bonds is 4. The minimum atomic E-state index is -0.179. The molecule has 1 saturated heterocycles. The number of aliphatic hydroxyl groups is 1. The molecule has 2 aliphatic rings. The molecule has 0 radical (unpaired) electrons. The highest BCUT2D eigenvalue weighted by Gasteiger charge is 2.42. The number of H-pyrrole nitrogens is 1. The van der Waals surface area contributed by atoms with Crippen molar-refractivity contribution in [3.05, 3.63) is 53.6 Å². The SMILES string of the molecule is OCCNc1ccc(N2C3CCC2c2[nH]c4ccc(F)cc4c2C3)nc1. The van der Waals surface area contributed by atoms with Gasteiger partial charge in [-0.15, -0.1) is 0 Å². The molecule has 2 atom stereocenters. The maximum atomic E-state index is 13.7. The highest BCUT2D eigenvalue weighted by atomic mass is 19.1. The van der Waals surface area contributed by atoms with Gasteiger partial charge in [0.2, 0.25) is 0 Å². The molecular formula is C20H21FN4O. The maximum Gasteiger partial charge on any atom is 0.129 e. The Labute approximate surface area is 150 Å². The number of halogens is 1. The average molecular weight is 352 g/mol. The number of hydrogen-bond donors (Lipinski definition) is 3. The van der Waals surface area contributed by atoms with E-state index in [2.05, 4.69) is 20.2 Å². The predicted molar refractivity (Wildman–Crippen MR) is 100 cm³/mol. The third-order valence-corrected chi connectivity index (χ3v) is 5.63. The van der Waals surface area contributed by atoms with Crippen LogP contribution in [0.5, 0.6) is 0 Å². The van der Waals surface area contributed by atoms with Crippen molar-refractivity contribution >= 4 is 22.4 Å². The monoisotopic (exact) mass is 352 g/mol. The second-order valence-electron chi connectivity index (χ2n) is 7.12. The van der Waals surface area contributed by atoms with Crippen molar-refractivity contribution < 1.29 is 9.50 Å². The van der Waals surface area contributed by atoms with Crippen molar-refractivity contribution in [1.82, 2.24) is 9.97 Å². The molecule has 3 aromatic rings. The fourth-order valence-electron chi connectivity index (χ4n) is 4.54. The standard InChI is InChI=1S/C20H21FN4O/c21-12-1-4-17-15(9-12)16-10-14-3-5-18(20(16)24-17)25(14)19-6-2-13(11-23-19)22-7-8-26/h1-2,4,6,9,11,14,18,22,24,26H,3,5,7-8,10H2. The lowest BCUT2D eigenvalue weighted by Crippen LogP contribution is -2.37. The molecule has 0 spiro atoms. The lowest BCUT2D eigenvalue weighted by atomic mass is 9.97. The van der Waals surface area contributed by atoms with Crippen LogP contribution in [0.2, 0.25) is 0 Å². The van der Waals surface area contributed by atoms with Crippen LogP contribution in [0.25, 0.3) is 10.9 Å². The molecule has 0 amide bonds. The molecule has 0 aliphatic carbocycles. The number of aromatic amines is 1. The van der Waals surface area contributed by atoms with Gasteiger partial charge in [0.15, 0.2) is 0 Å². The first-order chi connectivity index (χ1) is 12.7. The third-order valence-electron chi connectivity index (χ3n) is 5.63. The lowest BCUT2D eigenvalue weighted by molar-refractivity contribution is 0.311. The van der Waals surface area contributed by atoms with Gasteiger partial charge in [0, 0.05) is 29.2 Å². The Morgan fingerprint density at radius 3 is 3.00 bits per heavy atom. The van der Waals surface area contributed by atoms with Gasteiger partial charge in [-0.2, -0.15) is 0 Å². The largest absolute Gasteiger partial charge is 0.395 e. The van der Waals surface area contributed by atoms with Crippen LogP contribution in [0.3, 0.4) is 0 Å². The van der Waals surface area contributed by atoms with Gasteiger partial charge in [-0.3, -0.25) is 0 Å². The van der Waals surface area contributed by atoms with Crippen molar-refractivity contribution in [2.45, 2.75) is 31.3 Å². The summed E-state index contributed by atoms with van der Waals surface area (Å²) in [5, 5.41) is 13.1. The Hall–Kier alpha value is -2.60. The van der Waals surface area contributed by atoms with Crippen LogP contribution >= 0.6 is 0 Å². The number of aromatic nitrogens is 2. The molecule has 2 aliphatic heterocycles. The zero-order valence-corrected chi connectivity index (χ0v) is 14.4. The molecule has 26 heavy (non-hydrogen) atoms. The zero-order chi connectivity index (χ0) is 17.7. The van der Waals surface area contributed by atoms with Gasteiger partial charge in [-0.1, -0.05) is 0 Å². The van der Waals surface area contributed by atoms with E-state index in [0.717, 1.165) is 41.7 Å². The number of nitrogens with one attached hydrogen (secondary N) is 2. The second kappa shape index (κ2) is 5.99. The van der Waals surface area contributed by atoms with Gasteiger partial charge in [0.25, 0.3) is 0 Å². The van der Waals surface area contributed by atoms with Crippen LogP contribution in [0, 0.1) is 5.82 Å². The molecule has 2 aromatic heterocycles.